The maximum Gasteiger partial charge on any atom is 0.0396 e. The molecule has 1 aliphatic rings. The highest BCUT2D eigenvalue weighted by atomic mass is 79.9. The Hall–Kier alpha value is -0.500. The van der Waals surface area contributed by atoms with Crippen LogP contribution in [0.15, 0.2) is 18.2 Å². The molecule has 0 amide bonds. The average molecular weight is 310 g/mol. The Labute approximate surface area is 120 Å². The molecule has 0 aromatic heterocycles. The van der Waals surface area contributed by atoms with Crippen LogP contribution in [0.4, 0.5) is 5.69 Å². The van der Waals surface area contributed by atoms with Gasteiger partial charge < -0.3 is 4.90 Å². The molecule has 0 spiro atoms. The topological polar surface area (TPSA) is 3.24 Å². The van der Waals surface area contributed by atoms with E-state index in [-0.39, 0.29) is 0 Å². The summed E-state index contributed by atoms with van der Waals surface area (Å²) in [5.74, 6) is 0. The minimum Gasteiger partial charge on any atom is -0.371 e. The molecule has 1 aromatic carbocycles. The summed E-state index contributed by atoms with van der Waals surface area (Å²) in [5, 5.41) is 0.946. The van der Waals surface area contributed by atoms with Gasteiger partial charge in [0.1, 0.15) is 0 Å². The summed E-state index contributed by atoms with van der Waals surface area (Å²) in [6.07, 6.45) is 3.96. The highest BCUT2D eigenvalue weighted by Crippen LogP contribution is 2.39. The molecule has 1 heterocycles. The molecule has 1 saturated heterocycles. The van der Waals surface area contributed by atoms with Crippen molar-refractivity contribution in [2.75, 3.05) is 18.0 Å². The van der Waals surface area contributed by atoms with Gasteiger partial charge in [-0.15, -0.1) is 0 Å². The normalized spacial score (nSPS) is 18.3. The fourth-order valence-electron chi connectivity index (χ4n) is 3.12. The zero-order valence-corrected chi connectivity index (χ0v) is 13.4. The van der Waals surface area contributed by atoms with Crippen LogP contribution in [0.1, 0.15) is 44.2 Å². The van der Waals surface area contributed by atoms with Gasteiger partial charge in [0.2, 0.25) is 0 Å². The van der Waals surface area contributed by atoms with Gasteiger partial charge in [-0.25, -0.2) is 0 Å². The zero-order valence-electron chi connectivity index (χ0n) is 11.8. The van der Waals surface area contributed by atoms with Crippen LogP contribution in [0.3, 0.4) is 0 Å². The molecule has 1 nitrogen and oxygen atoms in total. The minimum atomic E-state index is 0.556. The smallest absolute Gasteiger partial charge is 0.0396 e. The SMILES string of the molecule is CCC1(CC)CCN(c2ccc(CBr)cc2C)C1. The second-order valence-corrected chi connectivity index (χ2v) is 6.19. The minimum absolute atomic E-state index is 0.556. The van der Waals surface area contributed by atoms with Gasteiger partial charge in [0.05, 0.1) is 0 Å². The number of hydrogen-bond acceptors (Lipinski definition) is 1. The van der Waals surface area contributed by atoms with Gasteiger partial charge in [-0.3, -0.25) is 0 Å². The van der Waals surface area contributed by atoms with Crippen molar-refractivity contribution in [1.82, 2.24) is 0 Å². The first-order valence-corrected chi connectivity index (χ1v) is 8.16. The second kappa shape index (κ2) is 5.64. The molecule has 1 aliphatic heterocycles. The number of rotatable bonds is 4. The quantitative estimate of drug-likeness (QED) is 0.715. The van der Waals surface area contributed by atoms with E-state index >= 15 is 0 Å². The van der Waals surface area contributed by atoms with Crippen molar-refractivity contribution in [2.45, 2.75) is 45.4 Å². The molecule has 0 N–H and O–H groups in total. The first-order chi connectivity index (χ1) is 8.64. The van der Waals surface area contributed by atoms with Crippen LogP contribution in [0.25, 0.3) is 0 Å². The van der Waals surface area contributed by atoms with Crippen molar-refractivity contribution in [3.8, 4) is 0 Å². The lowest BCUT2D eigenvalue weighted by Gasteiger charge is -2.28. The molecule has 0 saturated carbocycles. The number of nitrogens with zero attached hydrogens (tertiary/aromatic N) is 1. The molecule has 2 rings (SSSR count). The molecular weight excluding hydrogens is 286 g/mol. The molecular formula is C16H24BrN. The number of alkyl halides is 1. The molecule has 0 bridgehead atoms. The van der Waals surface area contributed by atoms with E-state index in [4.69, 9.17) is 0 Å². The summed E-state index contributed by atoms with van der Waals surface area (Å²) in [5.41, 5.74) is 4.77. The van der Waals surface area contributed by atoms with Crippen LogP contribution in [0, 0.1) is 12.3 Å². The summed E-state index contributed by atoms with van der Waals surface area (Å²) in [7, 11) is 0. The number of aryl methyl sites for hydroxylation is 1. The van der Waals surface area contributed by atoms with Crippen molar-refractivity contribution < 1.29 is 0 Å². The third kappa shape index (κ3) is 2.59. The predicted molar refractivity (Wildman–Crippen MR) is 83.7 cm³/mol. The fraction of sp³-hybridized carbons (Fsp3) is 0.625. The van der Waals surface area contributed by atoms with Gasteiger partial charge in [-0.2, -0.15) is 0 Å². The lowest BCUT2D eigenvalue weighted by molar-refractivity contribution is 0.301. The Balaban J connectivity index is 2.19. The monoisotopic (exact) mass is 309 g/mol. The van der Waals surface area contributed by atoms with Gasteiger partial charge in [0.25, 0.3) is 0 Å². The van der Waals surface area contributed by atoms with Gasteiger partial charge >= 0.3 is 0 Å². The van der Waals surface area contributed by atoms with Crippen LogP contribution >= 0.6 is 15.9 Å². The van der Waals surface area contributed by atoms with Crippen molar-refractivity contribution in [3.05, 3.63) is 29.3 Å². The third-order valence-electron chi connectivity index (χ3n) is 4.69. The molecule has 1 aromatic rings. The molecule has 1 fully saturated rings. The largest absolute Gasteiger partial charge is 0.371 e. The Morgan fingerprint density at radius 1 is 1.28 bits per heavy atom. The van der Waals surface area contributed by atoms with Crippen LogP contribution in [-0.2, 0) is 5.33 Å². The third-order valence-corrected chi connectivity index (χ3v) is 5.34. The standard InChI is InChI=1S/C16H24BrN/c1-4-16(5-2)8-9-18(12-16)15-7-6-14(11-17)10-13(15)3/h6-7,10H,4-5,8-9,11-12H2,1-3H3. The van der Waals surface area contributed by atoms with Crippen LogP contribution in [0.5, 0.6) is 0 Å². The molecule has 2 heteroatoms. The van der Waals surface area contributed by atoms with Crippen LogP contribution in [-0.4, -0.2) is 13.1 Å². The van der Waals surface area contributed by atoms with Crippen molar-refractivity contribution in [1.29, 1.82) is 0 Å². The molecule has 100 valence electrons. The van der Waals surface area contributed by atoms with E-state index in [0.717, 1.165) is 5.33 Å². The van der Waals surface area contributed by atoms with Gasteiger partial charge in [-0.1, -0.05) is 41.9 Å². The van der Waals surface area contributed by atoms with E-state index in [9.17, 15) is 0 Å². The lowest BCUT2D eigenvalue weighted by Crippen LogP contribution is -2.26. The van der Waals surface area contributed by atoms with Crippen LogP contribution < -0.4 is 4.90 Å². The summed E-state index contributed by atoms with van der Waals surface area (Å²) in [6.45, 7) is 9.37. The number of hydrogen-bond donors (Lipinski definition) is 0. The second-order valence-electron chi connectivity index (χ2n) is 5.63. The van der Waals surface area contributed by atoms with E-state index in [2.05, 4.69) is 59.8 Å². The fourth-order valence-corrected chi connectivity index (χ4v) is 3.47. The van der Waals surface area contributed by atoms with E-state index in [1.807, 2.05) is 0 Å². The molecule has 0 unspecified atom stereocenters. The van der Waals surface area contributed by atoms with E-state index < -0.39 is 0 Å². The number of anilines is 1. The van der Waals surface area contributed by atoms with Crippen molar-refractivity contribution in [3.63, 3.8) is 0 Å². The lowest BCUT2D eigenvalue weighted by atomic mass is 9.82. The summed E-state index contributed by atoms with van der Waals surface area (Å²) < 4.78 is 0. The zero-order chi connectivity index (χ0) is 13.2. The van der Waals surface area contributed by atoms with Crippen molar-refractivity contribution >= 4 is 21.6 Å². The molecule has 18 heavy (non-hydrogen) atoms. The molecule has 0 radical (unpaired) electrons. The van der Waals surface area contributed by atoms with Gasteiger partial charge in [0, 0.05) is 24.1 Å². The van der Waals surface area contributed by atoms with E-state index in [1.165, 1.54) is 49.2 Å². The number of halogens is 1. The maximum absolute atomic E-state index is 3.53. The van der Waals surface area contributed by atoms with Crippen molar-refractivity contribution in [2.24, 2.45) is 5.41 Å². The Bertz CT molecular complexity index is 410. The summed E-state index contributed by atoms with van der Waals surface area (Å²) >= 11 is 3.53. The predicted octanol–water partition coefficient (Wildman–Crippen LogP) is 4.91. The van der Waals surface area contributed by atoms with Gasteiger partial charge in [-0.05, 0) is 48.8 Å². The summed E-state index contributed by atoms with van der Waals surface area (Å²) in [6, 6.07) is 6.85. The van der Waals surface area contributed by atoms with Crippen LogP contribution in [0.2, 0.25) is 0 Å². The number of benzene rings is 1. The molecule has 0 aliphatic carbocycles. The highest BCUT2D eigenvalue weighted by Gasteiger charge is 2.35. The molecule has 0 atom stereocenters. The average Bonchev–Trinajstić information content (AvgIpc) is 2.83. The van der Waals surface area contributed by atoms with E-state index in [1.54, 1.807) is 0 Å². The Kier molecular flexibility index (Phi) is 4.37. The summed E-state index contributed by atoms with van der Waals surface area (Å²) in [4.78, 5) is 2.58. The first-order valence-electron chi connectivity index (χ1n) is 7.04. The Morgan fingerprint density at radius 2 is 2.00 bits per heavy atom. The highest BCUT2D eigenvalue weighted by molar-refractivity contribution is 9.08. The van der Waals surface area contributed by atoms with E-state index in [0.29, 0.717) is 5.41 Å². The Morgan fingerprint density at radius 3 is 2.50 bits per heavy atom. The van der Waals surface area contributed by atoms with Gasteiger partial charge in [0.15, 0.2) is 0 Å². The first kappa shape index (κ1) is 13.9. The maximum atomic E-state index is 3.53.